The zero-order valence-electron chi connectivity index (χ0n) is 11.9. The van der Waals surface area contributed by atoms with Crippen LogP contribution in [0.3, 0.4) is 0 Å². The molecule has 3 heteroatoms. The van der Waals surface area contributed by atoms with E-state index in [0.29, 0.717) is 6.04 Å². The predicted octanol–water partition coefficient (Wildman–Crippen LogP) is 2.99. The molecule has 1 N–H and O–H groups in total. The number of nitrogens with one attached hydrogen (secondary N) is 1. The van der Waals surface area contributed by atoms with Crippen molar-refractivity contribution in [1.82, 2.24) is 9.88 Å². The number of nitrogens with zero attached hydrogens (tertiary/aromatic N) is 2. The molecule has 1 unspecified atom stereocenters. The van der Waals surface area contributed by atoms with Crippen LogP contribution in [-0.2, 0) is 6.54 Å². The molecular weight excluding hydrogens is 210 g/mol. The van der Waals surface area contributed by atoms with Gasteiger partial charge in [0.05, 0.1) is 5.69 Å². The Hall–Kier alpha value is -1.09. The molecule has 0 saturated heterocycles. The summed E-state index contributed by atoms with van der Waals surface area (Å²) in [6.07, 6.45) is 1.86. The van der Waals surface area contributed by atoms with Crippen molar-refractivity contribution < 1.29 is 0 Å². The molecule has 0 bridgehead atoms. The summed E-state index contributed by atoms with van der Waals surface area (Å²) in [5.74, 6) is 0. The van der Waals surface area contributed by atoms with Crippen LogP contribution >= 0.6 is 0 Å². The van der Waals surface area contributed by atoms with Crippen LogP contribution in [0.5, 0.6) is 0 Å². The molecule has 0 saturated carbocycles. The molecule has 0 aliphatic rings. The van der Waals surface area contributed by atoms with Gasteiger partial charge in [0, 0.05) is 31.5 Å². The predicted molar refractivity (Wildman–Crippen MR) is 74.2 cm³/mol. The fourth-order valence-corrected chi connectivity index (χ4v) is 1.77. The Labute approximate surface area is 105 Å². The van der Waals surface area contributed by atoms with Crippen molar-refractivity contribution in [1.29, 1.82) is 0 Å². The molecule has 1 heterocycles. The maximum absolute atomic E-state index is 4.41. The SMILES string of the molecule is CNc1ccnc(CN(C)C(C)C(C)(C)C)c1. The largest absolute Gasteiger partial charge is 0.388 e. The molecule has 96 valence electrons. The Bertz CT molecular complexity index is 355. The topological polar surface area (TPSA) is 28.2 Å². The van der Waals surface area contributed by atoms with Crippen LogP contribution in [0.4, 0.5) is 5.69 Å². The summed E-state index contributed by atoms with van der Waals surface area (Å²) < 4.78 is 0. The number of hydrogen-bond donors (Lipinski definition) is 1. The molecule has 0 aliphatic carbocycles. The Kier molecular flexibility index (Phi) is 4.52. The van der Waals surface area contributed by atoms with E-state index in [-0.39, 0.29) is 5.41 Å². The monoisotopic (exact) mass is 235 g/mol. The van der Waals surface area contributed by atoms with Gasteiger partial charge in [-0.25, -0.2) is 0 Å². The second-order valence-electron chi connectivity index (χ2n) is 5.74. The van der Waals surface area contributed by atoms with Crippen molar-refractivity contribution in [2.45, 2.75) is 40.3 Å². The van der Waals surface area contributed by atoms with Crippen molar-refractivity contribution in [3.8, 4) is 0 Å². The van der Waals surface area contributed by atoms with Crippen molar-refractivity contribution in [3.63, 3.8) is 0 Å². The lowest BCUT2D eigenvalue weighted by molar-refractivity contribution is 0.133. The van der Waals surface area contributed by atoms with Crippen molar-refractivity contribution >= 4 is 5.69 Å². The Morgan fingerprint density at radius 1 is 1.41 bits per heavy atom. The smallest absolute Gasteiger partial charge is 0.0564 e. The zero-order valence-corrected chi connectivity index (χ0v) is 11.9. The maximum atomic E-state index is 4.41. The molecule has 0 radical (unpaired) electrons. The van der Waals surface area contributed by atoms with Crippen LogP contribution in [0.15, 0.2) is 18.3 Å². The number of rotatable bonds is 4. The lowest BCUT2D eigenvalue weighted by atomic mass is 9.87. The highest BCUT2D eigenvalue weighted by molar-refractivity contribution is 5.42. The first-order valence-electron chi connectivity index (χ1n) is 6.17. The summed E-state index contributed by atoms with van der Waals surface area (Å²) in [5, 5.41) is 3.14. The van der Waals surface area contributed by atoms with Gasteiger partial charge in [0.15, 0.2) is 0 Å². The van der Waals surface area contributed by atoms with Gasteiger partial charge in [0.1, 0.15) is 0 Å². The van der Waals surface area contributed by atoms with E-state index in [2.05, 4.69) is 56.0 Å². The minimum absolute atomic E-state index is 0.287. The minimum atomic E-state index is 0.287. The Morgan fingerprint density at radius 3 is 2.59 bits per heavy atom. The van der Waals surface area contributed by atoms with E-state index in [0.717, 1.165) is 17.9 Å². The lowest BCUT2D eigenvalue weighted by Crippen LogP contribution is -2.38. The second kappa shape index (κ2) is 5.50. The normalized spacial score (nSPS) is 13.8. The van der Waals surface area contributed by atoms with Gasteiger partial charge in [-0.2, -0.15) is 0 Å². The summed E-state index contributed by atoms with van der Waals surface area (Å²) in [4.78, 5) is 6.76. The first-order valence-corrected chi connectivity index (χ1v) is 6.17. The van der Waals surface area contributed by atoms with Crippen molar-refractivity contribution in [2.24, 2.45) is 5.41 Å². The van der Waals surface area contributed by atoms with Gasteiger partial charge in [0.2, 0.25) is 0 Å². The van der Waals surface area contributed by atoms with Gasteiger partial charge in [-0.3, -0.25) is 9.88 Å². The fraction of sp³-hybridized carbons (Fsp3) is 0.643. The number of anilines is 1. The average Bonchev–Trinajstić information content (AvgIpc) is 2.27. The van der Waals surface area contributed by atoms with E-state index < -0.39 is 0 Å². The number of aromatic nitrogens is 1. The van der Waals surface area contributed by atoms with Gasteiger partial charge < -0.3 is 5.32 Å². The van der Waals surface area contributed by atoms with Crippen molar-refractivity contribution in [2.75, 3.05) is 19.4 Å². The summed E-state index contributed by atoms with van der Waals surface area (Å²) in [7, 11) is 4.09. The maximum Gasteiger partial charge on any atom is 0.0564 e. The molecule has 0 aromatic carbocycles. The van der Waals surface area contributed by atoms with E-state index in [4.69, 9.17) is 0 Å². The minimum Gasteiger partial charge on any atom is -0.388 e. The Balaban J connectivity index is 2.70. The number of hydrogen-bond acceptors (Lipinski definition) is 3. The molecule has 1 aromatic heterocycles. The van der Waals surface area contributed by atoms with Gasteiger partial charge in [0.25, 0.3) is 0 Å². The lowest BCUT2D eigenvalue weighted by Gasteiger charge is -2.35. The van der Waals surface area contributed by atoms with Crippen LogP contribution in [0.25, 0.3) is 0 Å². The first-order chi connectivity index (χ1) is 7.84. The summed E-state index contributed by atoms with van der Waals surface area (Å²) >= 11 is 0. The third-order valence-electron chi connectivity index (χ3n) is 3.43. The second-order valence-corrected chi connectivity index (χ2v) is 5.74. The highest BCUT2D eigenvalue weighted by Gasteiger charge is 2.23. The van der Waals surface area contributed by atoms with Gasteiger partial charge in [-0.05, 0) is 31.5 Å². The molecule has 0 aliphatic heterocycles. The molecule has 0 amide bonds. The standard InChI is InChI=1S/C14H25N3/c1-11(14(2,3)4)17(6)10-13-9-12(15-5)7-8-16-13/h7-9,11H,10H2,1-6H3,(H,15,16). The first kappa shape index (κ1) is 14.0. The van der Waals surface area contributed by atoms with Gasteiger partial charge in [-0.1, -0.05) is 20.8 Å². The summed E-state index contributed by atoms with van der Waals surface area (Å²) in [6.45, 7) is 9.96. The highest BCUT2D eigenvalue weighted by Crippen LogP contribution is 2.24. The number of pyridine rings is 1. The molecule has 0 spiro atoms. The van der Waals surface area contributed by atoms with Crippen molar-refractivity contribution in [3.05, 3.63) is 24.0 Å². The molecule has 3 nitrogen and oxygen atoms in total. The molecule has 1 rings (SSSR count). The third kappa shape index (κ3) is 4.00. The molecule has 17 heavy (non-hydrogen) atoms. The van der Waals surface area contributed by atoms with Gasteiger partial charge in [-0.15, -0.1) is 0 Å². The zero-order chi connectivity index (χ0) is 13.1. The van der Waals surface area contributed by atoms with Crippen LogP contribution in [0, 0.1) is 5.41 Å². The Morgan fingerprint density at radius 2 is 2.06 bits per heavy atom. The van der Waals surface area contributed by atoms with E-state index in [1.165, 1.54) is 0 Å². The van der Waals surface area contributed by atoms with E-state index in [9.17, 15) is 0 Å². The average molecular weight is 235 g/mol. The summed E-state index contributed by atoms with van der Waals surface area (Å²) in [6, 6.07) is 4.60. The summed E-state index contributed by atoms with van der Waals surface area (Å²) in [5.41, 5.74) is 2.51. The highest BCUT2D eigenvalue weighted by atomic mass is 15.1. The molecule has 1 aromatic rings. The fourth-order valence-electron chi connectivity index (χ4n) is 1.77. The van der Waals surface area contributed by atoms with E-state index in [1.807, 2.05) is 19.3 Å². The van der Waals surface area contributed by atoms with E-state index in [1.54, 1.807) is 0 Å². The van der Waals surface area contributed by atoms with Gasteiger partial charge >= 0.3 is 0 Å². The quantitative estimate of drug-likeness (QED) is 0.869. The van der Waals surface area contributed by atoms with E-state index >= 15 is 0 Å². The van der Waals surface area contributed by atoms with Crippen LogP contribution in [0.1, 0.15) is 33.4 Å². The van der Waals surface area contributed by atoms with Crippen LogP contribution in [-0.4, -0.2) is 30.0 Å². The molecule has 0 fully saturated rings. The third-order valence-corrected chi connectivity index (χ3v) is 3.43. The van der Waals surface area contributed by atoms with Crippen LogP contribution in [0.2, 0.25) is 0 Å². The van der Waals surface area contributed by atoms with Crippen LogP contribution < -0.4 is 5.32 Å². The molecule has 1 atom stereocenters. The molecular formula is C14H25N3.